The topological polar surface area (TPSA) is 29.9 Å². The normalized spacial score (nSPS) is 12.7. The van der Waals surface area contributed by atoms with Crippen molar-refractivity contribution in [1.29, 1.82) is 0 Å². The summed E-state index contributed by atoms with van der Waals surface area (Å²) in [6.07, 6.45) is 0. The highest BCUT2D eigenvalue weighted by Gasteiger charge is 2.13. The Balaban J connectivity index is 2.09. The minimum atomic E-state index is 0.276. The molecule has 1 aromatic carbocycles. The maximum absolute atomic E-state index is 4.40. The standard InChI is InChI=1S/C14H17Br2N3/c1-9(11-6-4-5-7-12(11)15)17-8-13-14(16)10(2)18-19(13)3/h4-7,9,17H,8H2,1-3H3/t9-/m0/s1. The third-order valence-electron chi connectivity index (χ3n) is 3.21. The van der Waals surface area contributed by atoms with Gasteiger partial charge < -0.3 is 5.32 Å². The van der Waals surface area contributed by atoms with Crippen LogP contribution in [0.4, 0.5) is 0 Å². The lowest BCUT2D eigenvalue weighted by atomic mass is 10.1. The average Bonchev–Trinajstić information content (AvgIpc) is 2.61. The minimum absolute atomic E-state index is 0.276. The second-order valence-electron chi connectivity index (χ2n) is 4.59. The van der Waals surface area contributed by atoms with Crippen molar-refractivity contribution >= 4 is 31.9 Å². The predicted octanol–water partition coefficient (Wildman–Crippen LogP) is 4.10. The first-order chi connectivity index (χ1) is 9.00. The fourth-order valence-electron chi connectivity index (χ4n) is 2.06. The number of hydrogen-bond donors (Lipinski definition) is 1. The van der Waals surface area contributed by atoms with Crippen LogP contribution in [0.25, 0.3) is 0 Å². The van der Waals surface area contributed by atoms with Crippen LogP contribution in [0.15, 0.2) is 33.2 Å². The van der Waals surface area contributed by atoms with E-state index in [1.807, 2.05) is 24.7 Å². The van der Waals surface area contributed by atoms with Crippen LogP contribution in [0.1, 0.15) is 29.9 Å². The van der Waals surface area contributed by atoms with Gasteiger partial charge in [-0.2, -0.15) is 5.10 Å². The summed E-state index contributed by atoms with van der Waals surface area (Å²) in [5.74, 6) is 0. The van der Waals surface area contributed by atoms with Crippen LogP contribution in [0.5, 0.6) is 0 Å². The van der Waals surface area contributed by atoms with E-state index in [1.54, 1.807) is 0 Å². The van der Waals surface area contributed by atoms with Gasteiger partial charge in [-0.25, -0.2) is 0 Å². The number of benzene rings is 1. The van der Waals surface area contributed by atoms with E-state index >= 15 is 0 Å². The number of nitrogens with one attached hydrogen (secondary N) is 1. The third-order valence-corrected chi connectivity index (χ3v) is 4.96. The van der Waals surface area contributed by atoms with Gasteiger partial charge in [0.1, 0.15) is 0 Å². The lowest BCUT2D eigenvalue weighted by molar-refractivity contribution is 0.545. The van der Waals surface area contributed by atoms with Crippen molar-refractivity contribution in [2.24, 2.45) is 7.05 Å². The number of rotatable bonds is 4. The minimum Gasteiger partial charge on any atom is -0.304 e. The molecule has 0 aliphatic rings. The zero-order valence-corrected chi connectivity index (χ0v) is 14.4. The quantitative estimate of drug-likeness (QED) is 0.856. The highest BCUT2D eigenvalue weighted by Crippen LogP contribution is 2.24. The Morgan fingerprint density at radius 3 is 2.58 bits per heavy atom. The van der Waals surface area contributed by atoms with Crippen molar-refractivity contribution < 1.29 is 0 Å². The van der Waals surface area contributed by atoms with Crippen molar-refractivity contribution in [3.8, 4) is 0 Å². The lowest BCUT2D eigenvalue weighted by Crippen LogP contribution is -2.20. The molecule has 102 valence electrons. The zero-order valence-electron chi connectivity index (χ0n) is 11.2. The van der Waals surface area contributed by atoms with Crippen LogP contribution < -0.4 is 5.32 Å². The summed E-state index contributed by atoms with van der Waals surface area (Å²) in [5, 5.41) is 7.93. The molecule has 5 heteroatoms. The summed E-state index contributed by atoms with van der Waals surface area (Å²) >= 11 is 7.18. The van der Waals surface area contributed by atoms with Gasteiger partial charge in [0, 0.05) is 24.1 Å². The Hall–Kier alpha value is -0.650. The first-order valence-corrected chi connectivity index (χ1v) is 7.75. The molecule has 0 fully saturated rings. The smallest absolute Gasteiger partial charge is 0.0739 e. The average molecular weight is 387 g/mol. The van der Waals surface area contributed by atoms with E-state index in [0.29, 0.717) is 0 Å². The first-order valence-electron chi connectivity index (χ1n) is 6.16. The molecule has 2 aromatic rings. The van der Waals surface area contributed by atoms with Crippen LogP contribution in [0.3, 0.4) is 0 Å². The molecule has 0 amide bonds. The molecule has 1 atom stereocenters. The SMILES string of the molecule is Cc1nn(C)c(CN[C@@H](C)c2ccccc2Br)c1Br. The molecule has 0 spiro atoms. The first kappa shape index (κ1) is 14.8. The van der Waals surface area contributed by atoms with Gasteiger partial charge in [-0.1, -0.05) is 34.1 Å². The van der Waals surface area contributed by atoms with Crippen LogP contribution in [0.2, 0.25) is 0 Å². The monoisotopic (exact) mass is 385 g/mol. The van der Waals surface area contributed by atoms with Crippen molar-refractivity contribution in [2.75, 3.05) is 0 Å². The van der Waals surface area contributed by atoms with Gasteiger partial charge in [0.15, 0.2) is 0 Å². The number of aryl methyl sites for hydroxylation is 2. The second kappa shape index (κ2) is 6.20. The summed E-state index contributed by atoms with van der Waals surface area (Å²) in [6.45, 7) is 4.95. The predicted molar refractivity (Wildman–Crippen MR) is 85.0 cm³/mol. The van der Waals surface area contributed by atoms with Gasteiger partial charge in [-0.15, -0.1) is 0 Å². The van der Waals surface area contributed by atoms with Crippen molar-refractivity contribution in [3.63, 3.8) is 0 Å². The van der Waals surface area contributed by atoms with Crippen LogP contribution in [-0.2, 0) is 13.6 Å². The summed E-state index contributed by atoms with van der Waals surface area (Å²) < 4.78 is 4.14. The summed E-state index contributed by atoms with van der Waals surface area (Å²) in [6, 6.07) is 8.56. The molecule has 1 heterocycles. The molecular formula is C14H17Br2N3. The van der Waals surface area contributed by atoms with Crippen molar-refractivity contribution in [1.82, 2.24) is 15.1 Å². The van der Waals surface area contributed by atoms with E-state index in [4.69, 9.17) is 0 Å². The molecule has 0 bridgehead atoms. The van der Waals surface area contributed by atoms with Crippen LogP contribution in [-0.4, -0.2) is 9.78 Å². The molecule has 0 radical (unpaired) electrons. The molecule has 0 aliphatic heterocycles. The zero-order chi connectivity index (χ0) is 14.0. The third kappa shape index (κ3) is 3.27. The second-order valence-corrected chi connectivity index (χ2v) is 6.24. The van der Waals surface area contributed by atoms with Crippen molar-refractivity contribution in [2.45, 2.75) is 26.4 Å². The van der Waals surface area contributed by atoms with E-state index in [-0.39, 0.29) is 6.04 Å². The molecule has 1 N–H and O–H groups in total. The van der Waals surface area contributed by atoms with E-state index in [9.17, 15) is 0 Å². The van der Waals surface area contributed by atoms with Gasteiger partial charge in [0.2, 0.25) is 0 Å². The molecule has 3 nitrogen and oxygen atoms in total. The highest BCUT2D eigenvalue weighted by atomic mass is 79.9. The molecule has 0 saturated heterocycles. The van der Waals surface area contributed by atoms with E-state index in [2.05, 4.69) is 67.4 Å². The van der Waals surface area contributed by atoms with Gasteiger partial charge in [0.05, 0.1) is 15.9 Å². The largest absolute Gasteiger partial charge is 0.304 e. The number of hydrogen-bond acceptors (Lipinski definition) is 2. The van der Waals surface area contributed by atoms with Gasteiger partial charge in [-0.3, -0.25) is 4.68 Å². The molecule has 1 aromatic heterocycles. The van der Waals surface area contributed by atoms with E-state index < -0.39 is 0 Å². The van der Waals surface area contributed by atoms with E-state index in [1.165, 1.54) is 5.56 Å². The van der Waals surface area contributed by atoms with Crippen molar-refractivity contribution in [3.05, 3.63) is 50.2 Å². The molecule has 2 rings (SSSR count). The number of nitrogens with zero attached hydrogens (tertiary/aromatic N) is 2. The Morgan fingerprint density at radius 2 is 2.00 bits per heavy atom. The van der Waals surface area contributed by atoms with Crippen LogP contribution in [0, 0.1) is 6.92 Å². The fraction of sp³-hybridized carbons (Fsp3) is 0.357. The van der Waals surface area contributed by atoms with Crippen LogP contribution >= 0.6 is 31.9 Å². The van der Waals surface area contributed by atoms with E-state index in [0.717, 1.165) is 26.9 Å². The Bertz CT molecular complexity index is 578. The fourth-order valence-corrected chi connectivity index (χ4v) is 3.16. The highest BCUT2D eigenvalue weighted by molar-refractivity contribution is 9.10. The molecule has 0 unspecified atom stereocenters. The molecule has 0 aliphatic carbocycles. The molecule has 0 saturated carbocycles. The summed E-state index contributed by atoms with van der Waals surface area (Å²) in [7, 11) is 1.97. The Kier molecular flexibility index (Phi) is 4.81. The Labute approximate surface area is 130 Å². The lowest BCUT2D eigenvalue weighted by Gasteiger charge is -2.16. The number of halogens is 2. The summed E-state index contributed by atoms with van der Waals surface area (Å²) in [5.41, 5.74) is 3.45. The van der Waals surface area contributed by atoms with Gasteiger partial charge in [0.25, 0.3) is 0 Å². The Morgan fingerprint density at radius 1 is 1.32 bits per heavy atom. The maximum Gasteiger partial charge on any atom is 0.0739 e. The molecular weight excluding hydrogens is 370 g/mol. The summed E-state index contributed by atoms with van der Waals surface area (Å²) in [4.78, 5) is 0. The van der Waals surface area contributed by atoms with Gasteiger partial charge in [-0.05, 0) is 41.4 Å². The molecule has 19 heavy (non-hydrogen) atoms. The maximum atomic E-state index is 4.40. The number of aromatic nitrogens is 2. The van der Waals surface area contributed by atoms with Gasteiger partial charge >= 0.3 is 0 Å².